The molecule has 2 aliphatic rings. The van der Waals surface area contributed by atoms with Crippen LogP contribution in [0.1, 0.15) is 38.2 Å². The Balaban J connectivity index is 1.91. The lowest BCUT2D eigenvalue weighted by Gasteiger charge is -2.43. The average Bonchev–Trinajstić information content (AvgIpc) is 2.54. The third kappa shape index (κ3) is 1.47. The largest absolute Gasteiger partial charge is 0.300 e. The monoisotopic (exact) mass is 216 g/mol. The van der Waals surface area contributed by atoms with E-state index in [4.69, 9.17) is 0 Å². The van der Waals surface area contributed by atoms with Crippen LogP contribution < -0.4 is 0 Å². The van der Waals surface area contributed by atoms with Crippen LogP contribution in [0.15, 0.2) is 24.5 Å². The Hall–Kier alpha value is -0.890. The first-order valence-corrected chi connectivity index (χ1v) is 6.31. The molecular weight excluding hydrogens is 196 g/mol. The molecule has 2 bridgehead atoms. The van der Waals surface area contributed by atoms with Crippen LogP contribution in [-0.4, -0.2) is 29.0 Å². The topological polar surface area (TPSA) is 16.1 Å². The second-order valence-electron chi connectivity index (χ2n) is 5.76. The van der Waals surface area contributed by atoms with E-state index in [9.17, 15) is 0 Å². The lowest BCUT2D eigenvalue weighted by molar-refractivity contribution is 0.119. The van der Waals surface area contributed by atoms with Crippen molar-refractivity contribution in [3.8, 4) is 0 Å². The molecule has 0 amide bonds. The Morgan fingerprint density at radius 1 is 1.31 bits per heavy atom. The molecule has 0 radical (unpaired) electrons. The Labute approximate surface area is 97.7 Å². The molecular formula is C14H20N2. The van der Waals surface area contributed by atoms with Gasteiger partial charge >= 0.3 is 0 Å². The predicted molar refractivity (Wildman–Crippen MR) is 65.4 cm³/mol. The number of rotatable bonds is 1. The molecule has 3 rings (SSSR count). The van der Waals surface area contributed by atoms with Gasteiger partial charge in [0.1, 0.15) is 0 Å². The van der Waals surface area contributed by atoms with Gasteiger partial charge in [-0.3, -0.25) is 4.98 Å². The molecule has 0 spiro atoms. The van der Waals surface area contributed by atoms with Crippen molar-refractivity contribution < 1.29 is 0 Å². The number of hydrogen-bond donors (Lipinski definition) is 0. The van der Waals surface area contributed by atoms with Crippen molar-refractivity contribution in [1.82, 2.24) is 9.88 Å². The highest BCUT2D eigenvalue weighted by Gasteiger charge is 2.45. The fraction of sp³-hybridized carbons (Fsp3) is 0.643. The van der Waals surface area contributed by atoms with Crippen LogP contribution >= 0.6 is 0 Å². The summed E-state index contributed by atoms with van der Waals surface area (Å²) in [6.07, 6.45) is 9.30. The summed E-state index contributed by atoms with van der Waals surface area (Å²) in [6.45, 7) is 2.42. The highest BCUT2D eigenvalue weighted by Crippen LogP contribution is 2.45. The molecule has 1 aromatic heterocycles. The van der Waals surface area contributed by atoms with Gasteiger partial charge in [-0.2, -0.15) is 0 Å². The summed E-state index contributed by atoms with van der Waals surface area (Å²) in [5, 5.41) is 0. The van der Waals surface area contributed by atoms with Gasteiger partial charge < -0.3 is 4.90 Å². The molecule has 2 heteroatoms. The maximum atomic E-state index is 4.28. The smallest absolute Gasteiger partial charge is 0.0305 e. The van der Waals surface area contributed by atoms with E-state index in [0.717, 1.165) is 12.1 Å². The molecule has 3 heterocycles. The first-order chi connectivity index (χ1) is 7.69. The minimum absolute atomic E-state index is 0.354. The van der Waals surface area contributed by atoms with Crippen molar-refractivity contribution in [2.75, 3.05) is 7.05 Å². The van der Waals surface area contributed by atoms with Crippen molar-refractivity contribution in [2.24, 2.45) is 0 Å². The standard InChI is InChI=1S/C14H20N2/c1-14(11-4-3-7-15-10-11)8-12-5-6-13(9-14)16(12)2/h3-4,7,10,12-13H,5-6,8-9H2,1-2H3. The first kappa shape index (κ1) is 10.3. The fourth-order valence-corrected chi connectivity index (χ4v) is 3.66. The van der Waals surface area contributed by atoms with Gasteiger partial charge in [-0.1, -0.05) is 13.0 Å². The normalized spacial score (nSPS) is 38.9. The highest BCUT2D eigenvalue weighted by atomic mass is 15.2. The summed E-state index contributed by atoms with van der Waals surface area (Å²) in [7, 11) is 2.30. The van der Waals surface area contributed by atoms with Gasteiger partial charge in [0, 0.05) is 24.5 Å². The molecule has 2 nitrogen and oxygen atoms in total. The third-order valence-electron chi connectivity index (χ3n) is 4.72. The second kappa shape index (κ2) is 3.56. The second-order valence-corrected chi connectivity index (χ2v) is 5.76. The zero-order valence-corrected chi connectivity index (χ0v) is 10.2. The summed E-state index contributed by atoms with van der Waals surface area (Å²) in [6, 6.07) is 5.91. The van der Waals surface area contributed by atoms with Crippen LogP contribution in [0.5, 0.6) is 0 Å². The van der Waals surface area contributed by atoms with Gasteiger partial charge in [-0.15, -0.1) is 0 Å². The summed E-state index contributed by atoms with van der Waals surface area (Å²) in [4.78, 5) is 6.88. The maximum absolute atomic E-state index is 4.28. The Bertz CT molecular complexity index is 360. The lowest BCUT2D eigenvalue weighted by atomic mass is 9.72. The van der Waals surface area contributed by atoms with Gasteiger partial charge in [0.2, 0.25) is 0 Å². The molecule has 2 fully saturated rings. The number of aromatic nitrogens is 1. The molecule has 1 aromatic rings. The highest BCUT2D eigenvalue weighted by molar-refractivity contribution is 5.24. The van der Waals surface area contributed by atoms with Crippen LogP contribution in [0.3, 0.4) is 0 Å². The quantitative estimate of drug-likeness (QED) is 0.717. The van der Waals surface area contributed by atoms with Crippen molar-refractivity contribution >= 4 is 0 Å². The molecule has 2 atom stereocenters. The van der Waals surface area contributed by atoms with Crippen LogP contribution in [0, 0.1) is 0 Å². The Kier molecular flexibility index (Phi) is 2.28. The fourth-order valence-electron chi connectivity index (χ4n) is 3.66. The van der Waals surface area contributed by atoms with Gasteiger partial charge in [-0.25, -0.2) is 0 Å². The first-order valence-electron chi connectivity index (χ1n) is 6.31. The van der Waals surface area contributed by atoms with Crippen LogP contribution in [-0.2, 0) is 5.41 Å². The maximum Gasteiger partial charge on any atom is 0.0305 e. The molecule has 0 saturated carbocycles. The summed E-state index contributed by atoms with van der Waals surface area (Å²) < 4.78 is 0. The van der Waals surface area contributed by atoms with Crippen LogP contribution in [0.4, 0.5) is 0 Å². The zero-order chi connectivity index (χ0) is 11.2. The van der Waals surface area contributed by atoms with Crippen molar-refractivity contribution in [3.63, 3.8) is 0 Å². The molecule has 0 aromatic carbocycles. The van der Waals surface area contributed by atoms with E-state index in [1.165, 1.54) is 31.2 Å². The van der Waals surface area contributed by atoms with Crippen LogP contribution in [0.2, 0.25) is 0 Å². The van der Waals surface area contributed by atoms with Gasteiger partial charge in [0.15, 0.2) is 0 Å². The third-order valence-corrected chi connectivity index (χ3v) is 4.72. The van der Waals surface area contributed by atoms with E-state index < -0.39 is 0 Å². The number of piperidine rings is 1. The van der Waals surface area contributed by atoms with Crippen molar-refractivity contribution in [3.05, 3.63) is 30.1 Å². The van der Waals surface area contributed by atoms with E-state index in [1.807, 2.05) is 6.20 Å². The summed E-state index contributed by atoms with van der Waals surface area (Å²) in [5.74, 6) is 0. The molecule has 0 N–H and O–H groups in total. The molecule has 16 heavy (non-hydrogen) atoms. The minimum Gasteiger partial charge on any atom is -0.300 e. The molecule has 0 aliphatic carbocycles. The number of hydrogen-bond acceptors (Lipinski definition) is 2. The Morgan fingerprint density at radius 2 is 2.00 bits per heavy atom. The molecule has 2 saturated heterocycles. The van der Waals surface area contributed by atoms with E-state index >= 15 is 0 Å². The Morgan fingerprint density at radius 3 is 2.56 bits per heavy atom. The van der Waals surface area contributed by atoms with E-state index in [-0.39, 0.29) is 0 Å². The zero-order valence-electron chi connectivity index (χ0n) is 10.2. The van der Waals surface area contributed by atoms with E-state index in [0.29, 0.717) is 5.41 Å². The number of fused-ring (bicyclic) bond motifs is 2. The van der Waals surface area contributed by atoms with Crippen molar-refractivity contribution in [2.45, 2.75) is 50.1 Å². The lowest BCUT2D eigenvalue weighted by Crippen LogP contribution is -2.46. The van der Waals surface area contributed by atoms with Gasteiger partial charge in [0.05, 0.1) is 0 Å². The van der Waals surface area contributed by atoms with E-state index in [2.05, 4.69) is 42.2 Å². The molecule has 2 aliphatic heterocycles. The van der Waals surface area contributed by atoms with Crippen LogP contribution in [0.25, 0.3) is 0 Å². The number of pyridine rings is 1. The molecule has 86 valence electrons. The summed E-state index contributed by atoms with van der Waals surface area (Å²) in [5.41, 5.74) is 1.78. The minimum atomic E-state index is 0.354. The number of nitrogens with zero attached hydrogens (tertiary/aromatic N) is 2. The van der Waals surface area contributed by atoms with E-state index in [1.54, 1.807) is 0 Å². The van der Waals surface area contributed by atoms with Crippen molar-refractivity contribution in [1.29, 1.82) is 0 Å². The van der Waals surface area contributed by atoms with Gasteiger partial charge in [0.25, 0.3) is 0 Å². The molecule has 2 unspecified atom stereocenters. The predicted octanol–water partition coefficient (Wildman–Crippen LogP) is 2.60. The average molecular weight is 216 g/mol. The SMILES string of the molecule is CN1C2CCC1CC(C)(c1cccnc1)C2. The summed E-state index contributed by atoms with van der Waals surface area (Å²) >= 11 is 0. The van der Waals surface area contributed by atoms with Gasteiger partial charge in [-0.05, 0) is 49.8 Å².